The molecule has 0 amide bonds. The van der Waals surface area contributed by atoms with E-state index in [1.54, 1.807) is 0 Å². The van der Waals surface area contributed by atoms with Gasteiger partial charge < -0.3 is 4.74 Å². The molecular weight excluding hydrogens is 460 g/mol. The molecule has 0 N–H and O–H groups in total. The normalized spacial score (nSPS) is 40.0. The van der Waals surface area contributed by atoms with E-state index in [2.05, 4.69) is 24.0 Å². The highest BCUT2D eigenvalue weighted by atomic mass is 19.2. The number of methoxy groups -OCH3 is 1. The van der Waals surface area contributed by atoms with Crippen molar-refractivity contribution in [3.05, 3.63) is 23.8 Å². The van der Waals surface area contributed by atoms with Crippen molar-refractivity contribution in [2.45, 2.75) is 78.2 Å². The van der Waals surface area contributed by atoms with Crippen LogP contribution < -0.4 is 0 Å². The summed E-state index contributed by atoms with van der Waals surface area (Å²) < 4.78 is 33.1. The van der Waals surface area contributed by atoms with Gasteiger partial charge >= 0.3 is 0 Å². The maximum atomic E-state index is 13.6. The largest absolute Gasteiger partial charge is 0.384 e. The van der Waals surface area contributed by atoms with Crippen LogP contribution in [0.3, 0.4) is 0 Å². The topological polar surface area (TPSA) is 57.0 Å². The summed E-state index contributed by atoms with van der Waals surface area (Å²) in [4.78, 5) is 14.9. The minimum atomic E-state index is -0.947. The number of halogens is 2. The van der Waals surface area contributed by atoms with Crippen LogP contribution in [0.25, 0.3) is 11.0 Å². The molecule has 6 rings (SSSR count). The maximum absolute atomic E-state index is 13.6. The van der Waals surface area contributed by atoms with Crippen LogP contribution in [-0.2, 0) is 16.1 Å². The van der Waals surface area contributed by atoms with Gasteiger partial charge in [-0.05, 0) is 91.8 Å². The number of nitrogens with zero attached hydrogens (tertiary/aromatic N) is 3. The van der Waals surface area contributed by atoms with E-state index in [9.17, 15) is 13.6 Å². The summed E-state index contributed by atoms with van der Waals surface area (Å²) in [5.74, 6) is 1.82. The molecule has 3 unspecified atom stereocenters. The van der Waals surface area contributed by atoms with Gasteiger partial charge in [0.05, 0.1) is 6.61 Å². The van der Waals surface area contributed by atoms with Crippen LogP contribution in [0.4, 0.5) is 8.78 Å². The van der Waals surface area contributed by atoms with Gasteiger partial charge in [0, 0.05) is 25.2 Å². The van der Waals surface area contributed by atoms with Crippen LogP contribution in [0.1, 0.15) is 71.6 Å². The van der Waals surface area contributed by atoms with Gasteiger partial charge in [0.15, 0.2) is 17.4 Å². The average molecular weight is 500 g/mol. The lowest BCUT2D eigenvalue weighted by Crippen LogP contribution is -2.56. The lowest BCUT2D eigenvalue weighted by molar-refractivity contribution is -0.154. The third kappa shape index (κ3) is 3.66. The van der Waals surface area contributed by atoms with Gasteiger partial charge in [-0.2, -0.15) is 15.0 Å². The Morgan fingerprint density at radius 1 is 1.03 bits per heavy atom. The highest BCUT2D eigenvalue weighted by Gasteiger charge is 2.62. The first-order valence-corrected chi connectivity index (χ1v) is 14.0. The zero-order valence-corrected chi connectivity index (χ0v) is 21.8. The average Bonchev–Trinajstić information content (AvgIpc) is 3.39. The first kappa shape index (κ1) is 24.4. The second-order valence-corrected chi connectivity index (χ2v) is 12.8. The second-order valence-electron chi connectivity index (χ2n) is 12.8. The molecule has 1 heterocycles. The van der Waals surface area contributed by atoms with Gasteiger partial charge in [-0.3, -0.25) is 4.79 Å². The van der Waals surface area contributed by atoms with E-state index in [-0.39, 0.29) is 34.7 Å². The summed E-state index contributed by atoms with van der Waals surface area (Å²) >= 11 is 0. The van der Waals surface area contributed by atoms with Gasteiger partial charge in [0.1, 0.15) is 17.6 Å². The van der Waals surface area contributed by atoms with E-state index in [1.165, 1.54) is 43.3 Å². The number of Topliss-reactive ketones (excluding diaryl/α,β-unsaturated/α-hetero) is 1. The molecule has 4 fully saturated rings. The molecule has 4 aliphatic rings. The van der Waals surface area contributed by atoms with Gasteiger partial charge in [0.2, 0.25) is 0 Å². The molecular formula is C29H39F2N3O2. The molecule has 1 aromatic heterocycles. The van der Waals surface area contributed by atoms with Crippen LogP contribution in [0.5, 0.6) is 0 Å². The lowest BCUT2D eigenvalue weighted by atomic mass is 9.44. The van der Waals surface area contributed by atoms with E-state index in [0.29, 0.717) is 23.2 Å². The maximum Gasteiger partial charge on any atom is 0.161 e. The van der Waals surface area contributed by atoms with Crippen molar-refractivity contribution in [1.29, 1.82) is 0 Å². The van der Waals surface area contributed by atoms with Crippen molar-refractivity contribution in [3.8, 4) is 0 Å². The Bertz CT molecular complexity index is 1130. The SMILES string of the molecule is COC[C@]12CC[C@H](C)CC1CC[C@@H]1C2CC[C@@]2(C)C1CC[C@@H]2C(=O)Cn1nc2cc(F)c(F)cc2n1. The molecule has 1 aromatic carbocycles. The first-order chi connectivity index (χ1) is 17.2. The minimum Gasteiger partial charge on any atom is -0.384 e. The fourth-order valence-corrected chi connectivity index (χ4v) is 9.62. The van der Waals surface area contributed by atoms with E-state index < -0.39 is 11.6 Å². The van der Waals surface area contributed by atoms with Crippen molar-refractivity contribution < 1.29 is 18.3 Å². The molecule has 8 atom stereocenters. The number of hydrogen-bond donors (Lipinski definition) is 0. The standard InChI is InChI=1S/C29H39F2N3O2/c1-17-8-11-29(16-36-3)18(12-17)4-5-19-20-6-7-22(28(20,2)10-9-21(19)29)27(35)15-34-32-25-13-23(30)24(31)14-26(25)33-34/h13-14,17-22H,4-12,15-16H2,1-3H3/t17-,18?,19-,20?,21?,22+,28-,29+/m0/s1. The number of benzene rings is 1. The summed E-state index contributed by atoms with van der Waals surface area (Å²) in [5, 5.41) is 8.53. The fourth-order valence-electron chi connectivity index (χ4n) is 9.62. The van der Waals surface area contributed by atoms with Crippen molar-refractivity contribution in [2.24, 2.45) is 46.3 Å². The number of fused-ring (bicyclic) bond motifs is 6. The highest BCUT2D eigenvalue weighted by molar-refractivity contribution is 5.82. The Kier molecular flexibility index (Phi) is 6.01. The number of carbonyl (C=O) groups excluding carboxylic acids is 1. The molecule has 36 heavy (non-hydrogen) atoms. The first-order valence-electron chi connectivity index (χ1n) is 14.0. The van der Waals surface area contributed by atoms with Crippen molar-refractivity contribution in [1.82, 2.24) is 15.0 Å². The van der Waals surface area contributed by atoms with Crippen molar-refractivity contribution in [2.75, 3.05) is 13.7 Å². The quantitative estimate of drug-likeness (QED) is 0.492. The van der Waals surface area contributed by atoms with Crippen LogP contribution in [0.2, 0.25) is 0 Å². The monoisotopic (exact) mass is 499 g/mol. The number of carbonyl (C=O) groups is 1. The van der Waals surface area contributed by atoms with Crippen LogP contribution >= 0.6 is 0 Å². The van der Waals surface area contributed by atoms with Crippen LogP contribution in [-0.4, -0.2) is 34.5 Å². The van der Waals surface area contributed by atoms with E-state index >= 15 is 0 Å². The molecule has 0 radical (unpaired) electrons. The van der Waals surface area contributed by atoms with Gasteiger partial charge in [-0.25, -0.2) is 8.78 Å². The molecule has 4 saturated carbocycles. The molecule has 2 aromatic rings. The third-order valence-electron chi connectivity index (χ3n) is 11.2. The van der Waals surface area contributed by atoms with Gasteiger partial charge in [-0.1, -0.05) is 20.3 Å². The van der Waals surface area contributed by atoms with E-state index in [0.717, 1.165) is 49.8 Å². The predicted molar refractivity (Wildman–Crippen MR) is 133 cm³/mol. The van der Waals surface area contributed by atoms with E-state index in [1.807, 2.05) is 7.11 Å². The summed E-state index contributed by atoms with van der Waals surface area (Å²) in [5.41, 5.74) is 0.878. The molecule has 0 spiro atoms. The van der Waals surface area contributed by atoms with E-state index in [4.69, 9.17) is 4.74 Å². The number of hydrogen-bond acceptors (Lipinski definition) is 4. The molecule has 5 nitrogen and oxygen atoms in total. The number of ketones is 1. The zero-order chi connectivity index (χ0) is 25.2. The molecule has 0 bridgehead atoms. The molecule has 4 aliphatic carbocycles. The minimum absolute atomic E-state index is 0.00601. The third-order valence-corrected chi connectivity index (χ3v) is 11.2. The fraction of sp³-hybridized carbons (Fsp3) is 0.759. The number of ether oxygens (including phenoxy) is 1. The Hall–Kier alpha value is -1.89. The smallest absolute Gasteiger partial charge is 0.161 e. The molecule has 0 saturated heterocycles. The molecule has 7 heteroatoms. The number of rotatable bonds is 5. The highest BCUT2D eigenvalue weighted by Crippen LogP contribution is 2.68. The Morgan fingerprint density at radius 3 is 2.44 bits per heavy atom. The Morgan fingerprint density at radius 2 is 1.75 bits per heavy atom. The van der Waals surface area contributed by atoms with Gasteiger partial charge in [-0.15, -0.1) is 0 Å². The lowest BCUT2D eigenvalue weighted by Gasteiger charge is -2.61. The predicted octanol–water partition coefficient (Wildman–Crippen LogP) is 6.20. The Labute approximate surface area is 212 Å². The zero-order valence-electron chi connectivity index (χ0n) is 21.8. The van der Waals surface area contributed by atoms with Crippen molar-refractivity contribution in [3.63, 3.8) is 0 Å². The van der Waals surface area contributed by atoms with Crippen molar-refractivity contribution >= 4 is 16.8 Å². The summed E-state index contributed by atoms with van der Waals surface area (Å²) in [6, 6.07) is 2.09. The second kappa shape index (κ2) is 8.85. The molecule has 196 valence electrons. The summed E-state index contributed by atoms with van der Waals surface area (Å²) in [6.45, 7) is 5.72. The molecule has 0 aliphatic heterocycles. The van der Waals surface area contributed by atoms with Gasteiger partial charge in [0.25, 0.3) is 0 Å². The summed E-state index contributed by atoms with van der Waals surface area (Å²) in [6.07, 6.45) is 10.9. The number of aromatic nitrogens is 3. The van der Waals surface area contributed by atoms with Crippen LogP contribution in [0.15, 0.2) is 12.1 Å². The summed E-state index contributed by atoms with van der Waals surface area (Å²) in [7, 11) is 1.88. The van der Waals surface area contributed by atoms with Crippen LogP contribution in [0, 0.1) is 58.0 Å². The Balaban J connectivity index is 1.22.